The van der Waals surface area contributed by atoms with Gasteiger partial charge in [0.15, 0.2) is 0 Å². The molecule has 0 radical (unpaired) electrons. The van der Waals surface area contributed by atoms with Gasteiger partial charge in [-0.15, -0.1) is 0 Å². The molecule has 136 valence electrons. The van der Waals surface area contributed by atoms with Crippen LogP contribution in [0.5, 0.6) is 11.5 Å². The van der Waals surface area contributed by atoms with Gasteiger partial charge in [0.2, 0.25) is 0 Å². The molecule has 0 saturated carbocycles. The molecule has 0 spiro atoms. The molecule has 25 heavy (non-hydrogen) atoms. The number of carbonyl (C=O) groups excluding carboxylic acids is 1. The smallest absolute Gasteiger partial charge is 0.259 e. The van der Waals surface area contributed by atoms with Crippen molar-refractivity contribution < 1.29 is 18.7 Å². The minimum Gasteiger partial charge on any atom is -0.493 e. The molecule has 0 saturated heterocycles. The van der Waals surface area contributed by atoms with Gasteiger partial charge in [0.25, 0.3) is 5.91 Å². The number of nitrogens with one attached hydrogen (secondary N) is 1. The van der Waals surface area contributed by atoms with Crippen LogP contribution >= 0.6 is 0 Å². The zero-order chi connectivity index (χ0) is 17.9. The van der Waals surface area contributed by atoms with E-state index < -0.39 is 0 Å². The molecule has 1 heterocycles. The summed E-state index contributed by atoms with van der Waals surface area (Å²) in [6.07, 6.45) is 5.53. The van der Waals surface area contributed by atoms with Crippen molar-refractivity contribution in [3.05, 3.63) is 47.9 Å². The van der Waals surface area contributed by atoms with Crippen molar-refractivity contribution in [3.63, 3.8) is 0 Å². The fraction of sp³-hybridized carbons (Fsp3) is 0.450. The Bertz CT molecular complexity index is 609. The Morgan fingerprint density at radius 3 is 2.16 bits per heavy atom. The third-order valence-electron chi connectivity index (χ3n) is 3.73. The lowest BCUT2D eigenvalue weighted by Gasteiger charge is -2.16. The van der Waals surface area contributed by atoms with Gasteiger partial charge in [-0.2, -0.15) is 0 Å². The highest BCUT2D eigenvalue weighted by Crippen LogP contribution is 2.29. The van der Waals surface area contributed by atoms with Gasteiger partial charge in [0, 0.05) is 0 Å². The van der Waals surface area contributed by atoms with E-state index in [2.05, 4.69) is 19.2 Å². The third kappa shape index (κ3) is 5.85. The Balaban J connectivity index is 2.14. The van der Waals surface area contributed by atoms with Crippen LogP contribution in [0, 0.1) is 0 Å². The predicted octanol–water partition coefficient (Wildman–Crippen LogP) is 4.57. The van der Waals surface area contributed by atoms with Gasteiger partial charge in [0.1, 0.15) is 22.8 Å². The van der Waals surface area contributed by atoms with E-state index >= 15 is 0 Å². The van der Waals surface area contributed by atoms with Gasteiger partial charge >= 0.3 is 0 Å². The van der Waals surface area contributed by atoms with Crippen LogP contribution in [0.15, 0.2) is 41.0 Å². The highest BCUT2D eigenvalue weighted by Gasteiger charge is 2.19. The van der Waals surface area contributed by atoms with Crippen LogP contribution < -0.4 is 14.8 Å². The summed E-state index contributed by atoms with van der Waals surface area (Å²) in [5.41, 5.74) is 0.446. The molecule has 0 fully saturated rings. The second-order valence-electron chi connectivity index (χ2n) is 5.80. The fourth-order valence-electron chi connectivity index (χ4n) is 2.30. The molecular formula is C20H27NO4. The molecule has 5 nitrogen and oxygen atoms in total. The van der Waals surface area contributed by atoms with Gasteiger partial charge in [-0.05, 0) is 37.1 Å². The number of unbranched alkanes of at least 4 members (excludes halogenated alkanes) is 2. The normalized spacial score (nSPS) is 10.5. The van der Waals surface area contributed by atoms with E-state index in [4.69, 9.17) is 13.9 Å². The quantitative estimate of drug-likeness (QED) is 0.606. The largest absolute Gasteiger partial charge is 0.493 e. The summed E-state index contributed by atoms with van der Waals surface area (Å²) in [4.78, 5) is 12.7. The van der Waals surface area contributed by atoms with E-state index in [9.17, 15) is 4.79 Å². The Labute approximate surface area is 149 Å². The van der Waals surface area contributed by atoms with E-state index in [-0.39, 0.29) is 5.91 Å². The first-order chi connectivity index (χ1) is 12.3. The molecule has 1 aromatic carbocycles. The van der Waals surface area contributed by atoms with Crippen LogP contribution in [0.4, 0.5) is 0 Å². The van der Waals surface area contributed by atoms with Crippen LogP contribution in [-0.2, 0) is 6.54 Å². The second kappa shape index (κ2) is 10.4. The third-order valence-corrected chi connectivity index (χ3v) is 3.73. The Morgan fingerprint density at radius 1 is 1.00 bits per heavy atom. The van der Waals surface area contributed by atoms with Crippen molar-refractivity contribution in [2.75, 3.05) is 13.2 Å². The minimum atomic E-state index is -0.227. The van der Waals surface area contributed by atoms with Crippen LogP contribution in [-0.4, -0.2) is 19.1 Å². The fourth-order valence-corrected chi connectivity index (χ4v) is 2.30. The van der Waals surface area contributed by atoms with Crippen LogP contribution in [0.1, 0.15) is 55.6 Å². The molecule has 0 aliphatic carbocycles. The van der Waals surface area contributed by atoms with E-state index in [1.807, 2.05) is 24.3 Å². The molecule has 2 aromatic rings. The van der Waals surface area contributed by atoms with Crippen LogP contribution in [0.3, 0.4) is 0 Å². The Morgan fingerprint density at radius 2 is 1.64 bits per heavy atom. The van der Waals surface area contributed by atoms with Crippen molar-refractivity contribution in [1.82, 2.24) is 5.32 Å². The molecule has 0 aliphatic heterocycles. The number of benzene rings is 1. The molecule has 0 unspecified atom stereocenters. The highest BCUT2D eigenvalue weighted by atomic mass is 16.5. The van der Waals surface area contributed by atoms with E-state index in [0.29, 0.717) is 42.6 Å². The minimum absolute atomic E-state index is 0.227. The van der Waals surface area contributed by atoms with Crippen molar-refractivity contribution in [2.45, 2.75) is 46.1 Å². The van der Waals surface area contributed by atoms with Gasteiger partial charge < -0.3 is 19.2 Å². The summed E-state index contributed by atoms with van der Waals surface area (Å²) < 4.78 is 16.9. The van der Waals surface area contributed by atoms with Gasteiger partial charge in [-0.1, -0.05) is 32.8 Å². The molecule has 2 rings (SSSR count). The van der Waals surface area contributed by atoms with Crippen molar-refractivity contribution in [1.29, 1.82) is 0 Å². The molecular weight excluding hydrogens is 318 g/mol. The van der Waals surface area contributed by atoms with E-state index in [0.717, 1.165) is 25.7 Å². The number of rotatable bonds is 11. The summed E-state index contributed by atoms with van der Waals surface area (Å²) in [6, 6.07) is 9.09. The molecule has 0 atom stereocenters. The maximum absolute atomic E-state index is 12.7. The number of hydrogen-bond donors (Lipinski definition) is 1. The number of amides is 1. The summed E-state index contributed by atoms with van der Waals surface area (Å²) >= 11 is 0. The number of carbonyl (C=O) groups is 1. The van der Waals surface area contributed by atoms with Crippen LogP contribution in [0.2, 0.25) is 0 Å². The van der Waals surface area contributed by atoms with E-state index in [1.165, 1.54) is 0 Å². The second-order valence-corrected chi connectivity index (χ2v) is 5.80. The summed E-state index contributed by atoms with van der Waals surface area (Å²) in [7, 11) is 0. The zero-order valence-electron chi connectivity index (χ0n) is 15.0. The first-order valence-electron chi connectivity index (χ1n) is 8.95. The van der Waals surface area contributed by atoms with Crippen molar-refractivity contribution in [3.8, 4) is 11.5 Å². The molecule has 5 heteroatoms. The molecule has 1 aromatic heterocycles. The molecule has 1 N–H and O–H groups in total. The lowest BCUT2D eigenvalue weighted by molar-refractivity contribution is 0.0939. The Hall–Kier alpha value is -2.43. The van der Waals surface area contributed by atoms with Crippen molar-refractivity contribution >= 4 is 5.91 Å². The Kier molecular flexibility index (Phi) is 7.89. The SMILES string of the molecule is CCCCOc1cccc(OCCCC)c1C(=O)NCc1ccco1. The number of ether oxygens (including phenoxy) is 2. The summed E-state index contributed by atoms with van der Waals surface area (Å²) in [6.45, 7) is 5.68. The number of furan rings is 1. The first kappa shape index (κ1) is 18.9. The monoisotopic (exact) mass is 345 g/mol. The molecule has 0 bridgehead atoms. The predicted molar refractivity (Wildman–Crippen MR) is 97.1 cm³/mol. The summed E-state index contributed by atoms with van der Waals surface area (Å²) in [5.74, 6) is 1.58. The van der Waals surface area contributed by atoms with E-state index in [1.54, 1.807) is 12.3 Å². The standard InChI is InChI=1S/C20H27NO4/c1-3-5-12-24-17-10-7-11-18(25-13-6-4-2)19(17)20(22)21-15-16-9-8-14-23-16/h7-11,14H,3-6,12-13,15H2,1-2H3,(H,21,22). The van der Waals surface area contributed by atoms with Gasteiger partial charge in [-0.3, -0.25) is 4.79 Å². The average Bonchev–Trinajstić information content (AvgIpc) is 3.14. The highest BCUT2D eigenvalue weighted by molar-refractivity contribution is 5.99. The van der Waals surface area contributed by atoms with Gasteiger partial charge in [-0.25, -0.2) is 0 Å². The number of hydrogen-bond acceptors (Lipinski definition) is 4. The molecule has 1 amide bonds. The maximum Gasteiger partial charge on any atom is 0.259 e. The van der Waals surface area contributed by atoms with Crippen LogP contribution in [0.25, 0.3) is 0 Å². The summed E-state index contributed by atoms with van der Waals surface area (Å²) in [5, 5.41) is 2.87. The first-order valence-corrected chi connectivity index (χ1v) is 8.95. The average molecular weight is 345 g/mol. The van der Waals surface area contributed by atoms with Gasteiger partial charge in [0.05, 0.1) is 26.0 Å². The topological polar surface area (TPSA) is 60.7 Å². The zero-order valence-corrected chi connectivity index (χ0v) is 15.0. The lowest BCUT2D eigenvalue weighted by atomic mass is 10.1. The molecule has 0 aliphatic rings. The van der Waals surface area contributed by atoms with Crippen molar-refractivity contribution in [2.24, 2.45) is 0 Å². The maximum atomic E-state index is 12.7. The lowest BCUT2D eigenvalue weighted by Crippen LogP contribution is -2.24.